The van der Waals surface area contributed by atoms with Crippen LogP contribution in [0.15, 0.2) is 108 Å². The summed E-state index contributed by atoms with van der Waals surface area (Å²) in [7, 11) is 0. The van der Waals surface area contributed by atoms with Crippen LogP contribution in [0.2, 0.25) is 10.0 Å². The molecular weight excluding hydrogens is 634 g/mol. The van der Waals surface area contributed by atoms with E-state index >= 15 is 0 Å². The Morgan fingerprint density at radius 3 is 2.09 bits per heavy atom. The van der Waals surface area contributed by atoms with E-state index in [0.717, 1.165) is 23.9 Å². The van der Waals surface area contributed by atoms with E-state index in [-0.39, 0.29) is 16.4 Å². The molecule has 1 atom stereocenters. The topological polar surface area (TPSA) is 87.3 Å². The lowest BCUT2D eigenvalue weighted by atomic mass is 10.1. The average Bonchev–Trinajstić information content (AvgIpc) is 2.99. The number of halogens is 5. The minimum atomic E-state index is -4.70. The molecule has 226 valence electrons. The van der Waals surface area contributed by atoms with E-state index < -0.39 is 34.7 Å². The number of nitrogens with one attached hydrogen (secondary N) is 3. The number of carbonyl (C=O) groups excluding carboxylic acids is 3. The van der Waals surface area contributed by atoms with Crippen LogP contribution in [0.25, 0.3) is 6.08 Å². The summed E-state index contributed by atoms with van der Waals surface area (Å²) in [5.74, 6) is -1.69. The average molecular weight is 659 g/mol. The highest BCUT2D eigenvalue weighted by Crippen LogP contribution is 2.37. The first-order chi connectivity index (χ1) is 20.9. The lowest BCUT2D eigenvalue weighted by Crippen LogP contribution is -2.30. The second-order valence-corrected chi connectivity index (χ2v) is 11.6. The summed E-state index contributed by atoms with van der Waals surface area (Å²) in [4.78, 5) is 39.4. The maximum absolute atomic E-state index is 13.4. The van der Waals surface area contributed by atoms with Gasteiger partial charge in [0.1, 0.15) is 5.70 Å². The maximum Gasteiger partial charge on any atom is 0.418 e. The molecule has 0 saturated heterocycles. The molecule has 3 N–H and O–H groups in total. The number of carbonyl (C=O) groups is 3. The van der Waals surface area contributed by atoms with E-state index in [1.165, 1.54) is 12.1 Å². The summed E-state index contributed by atoms with van der Waals surface area (Å²) in [6.07, 6.45) is -3.18. The van der Waals surface area contributed by atoms with E-state index in [1.807, 2.05) is 0 Å². The van der Waals surface area contributed by atoms with Crippen LogP contribution in [0, 0.1) is 0 Å². The standard InChI is InChI=1S/C32H24Cl2F3N3O3S/c1-19(29(41)39-27-16-11-23(34)18-26(27)32(35,36)37)44-25-14-12-24(13-15-25)38-31(43)28(17-20-7-9-22(33)10-8-20)40-30(42)21-5-3-2-4-6-21/h2-19H,1H3,(H,38,43)(H,39,41)(H,40,42)/b28-17-. The van der Waals surface area contributed by atoms with Crippen molar-refractivity contribution < 1.29 is 27.6 Å². The third-order valence-corrected chi connectivity index (χ3v) is 7.65. The summed E-state index contributed by atoms with van der Waals surface area (Å²) in [6, 6.07) is 24.8. The van der Waals surface area contributed by atoms with Crippen molar-refractivity contribution in [3.05, 3.63) is 129 Å². The third-order valence-electron chi connectivity index (χ3n) is 6.05. The number of anilines is 2. The molecule has 0 spiro atoms. The first-order valence-electron chi connectivity index (χ1n) is 13.0. The van der Waals surface area contributed by atoms with Crippen molar-refractivity contribution in [3.63, 3.8) is 0 Å². The Bertz CT molecular complexity index is 1680. The van der Waals surface area contributed by atoms with Crippen LogP contribution < -0.4 is 16.0 Å². The van der Waals surface area contributed by atoms with Crippen LogP contribution >= 0.6 is 35.0 Å². The summed E-state index contributed by atoms with van der Waals surface area (Å²) >= 11 is 12.8. The normalized spacial score (nSPS) is 12.3. The molecule has 0 radical (unpaired) electrons. The van der Waals surface area contributed by atoms with Gasteiger partial charge in [0.2, 0.25) is 5.91 Å². The van der Waals surface area contributed by atoms with Crippen LogP contribution in [-0.4, -0.2) is 23.0 Å². The number of benzene rings is 4. The molecule has 0 bridgehead atoms. The SMILES string of the molecule is CC(Sc1ccc(NC(=O)/C(=C/c2ccc(Cl)cc2)NC(=O)c2ccccc2)cc1)C(=O)Nc1ccc(Cl)cc1C(F)(F)F. The quantitative estimate of drug-likeness (QED) is 0.124. The second-order valence-electron chi connectivity index (χ2n) is 9.35. The molecule has 0 saturated carbocycles. The van der Waals surface area contributed by atoms with Gasteiger partial charge in [0.15, 0.2) is 0 Å². The molecule has 0 heterocycles. The zero-order valence-corrected chi connectivity index (χ0v) is 25.2. The molecule has 6 nitrogen and oxygen atoms in total. The van der Waals surface area contributed by atoms with Gasteiger partial charge in [-0.15, -0.1) is 11.8 Å². The van der Waals surface area contributed by atoms with Gasteiger partial charge in [-0.05, 0) is 85.3 Å². The van der Waals surface area contributed by atoms with Gasteiger partial charge in [-0.2, -0.15) is 13.2 Å². The molecule has 0 aliphatic carbocycles. The highest BCUT2D eigenvalue weighted by atomic mass is 35.5. The largest absolute Gasteiger partial charge is 0.418 e. The van der Waals surface area contributed by atoms with Crippen molar-refractivity contribution in [1.82, 2.24) is 5.32 Å². The van der Waals surface area contributed by atoms with Gasteiger partial charge in [0.05, 0.1) is 16.5 Å². The van der Waals surface area contributed by atoms with Crippen molar-refractivity contribution in [2.75, 3.05) is 10.6 Å². The van der Waals surface area contributed by atoms with Gasteiger partial charge in [-0.25, -0.2) is 0 Å². The number of alkyl halides is 3. The van der Waals surface area contributed by atoms with Gasteiger partial charge in [0, 0.05) is 26.2 Å². The van der Waals surface area contributed by atoms with Crippen LogP contribution in [0.5, 0.6) is 0 Å². The maximum atomic E-state index is 13.4. The van der Waals surface area contributed by atoms with Gasteiger partial charge in [-0.3, -0.25) is 14.4 Å². The van der Waals surface area contributed by atoms with Gasteiger partial charge in [-0.1, -0.05) is 53.5 Å². The van der Waals surface area contributed by atoms with E-state index in [0.29, 0.717) is 26.7 Å². The van der Waals surface area contributed by atoms with E-state index in [9.17, 15) is 27.6 Å². The number of hydrogen-bond acceptors (Lipinski definition) is 4. The van der Waals surface area contributed by atoms with Crippen LogP contribution in [-0.2, 0) is 15.8 Å². The van der Waals surface area contributed by atoms with Crippen molar-refractivity contribution >= 4 is 70.1 Å². The molecule has 4 aromatic rings. The molecule has 0 fully saturated rings. The highest BCUT2D eigenvalue weighted by Gasteiger charge is 2.34. The Hall–Kier alpha value is -4.25. The van der Waals surface area contributed by atoms with E-state index in [1.54, 1.807) is 85.8 Å². The fourth-order valence-corrected chi connectivity index (χ4v) is 5.00. The van der Waals surface area contributed by atoms with Crippen molar-refractivity contribution in [1.29, 1.82) is 0 Å². The fraction of sp³-hybridized carbons (Fsp3) is 0.0938. The fourth-order valence-electron chi connectivity index (χ4n) is 3.84. The lowest BCUT2D eigenvalue weighted by Gasteiger charge is -2.17. The van der Waals surface area contributed by atoms with Gasteiger partial charge in [0.25, 0.3) is 11.8 Å². The molecule has 12 heteroatoms. The zero-order valence-electron chi connectivity index (χ0n) is 22.9. The van der Waals surface area contributed by atoms with Crippen LogP contribution in [0.4, 0.5) is 24.5 Å². The predicted octanol–water partition coefficient (Wildman–Crippen LogP) is 8.54. The number of rotatable bonds is 9. The van der Waals surface area contributed by atoms with E-state index in [2.05, 4.69) is 16.0 Å². The van der Waals surface area contributed by atoms with Gasteiger partial charge < -0.3 is 16.0 Å². The Labute approximate surface area is 265 Å². The molecule has 3 amide bonds. The molecule has 0 aliphatic heterocycles. The first kappa shape index (κ1) is 32.7. The minimum Gasteiger partial charge on any atom is -0.325 e. The summed E-state index contributed by atoms with van der Waals surface area (Å²) in [5, 5.41) is 7.37. The van der Waals surface area contributed by atoms with E-state index in [4.69, 9.17) is 23.2 Å². The smallest absolute Gasteiger partial charge is 0.325 e. The number of amides is 3. The molecule has 0 aromatic heterocycles. The molecular formula is C32H24Cl2F3N3O3S. The zero-order chi connectivity index (χ0) is 31.9. The number of thioether (sulfide) groups is 1. The molecule has 4 aromatic carbocycles. The molecule has 1 unspecified atom stereocenters. The third kappa shape index (κ3) is 9.12. The summed E-state index contributed by atoms with van der Waals surface area (Å²) in [6.45, 7) is 1.56. The van der Waals surface area contributed by atoms with Crippen molar-refractivity contribution in [2.45, 2.75) is 23.2 Å². The minimum absolute atomic E-state index is 0.00894. The second kappa shape index (κ2) is 14.5. The summed E-state index contributed by atoms with van der Waals surface area (Å²) < 4.78 is 40.2. The number of hydrogen-bond donors (Lipinski definition) is 3. The Morgan fingerprint density at radius 2 is 1.45 bits per heavy atom. The van der Waals surface area contributed by atoms with Crippen LogP contribution in [0.3, 0.4) is 0 Å². The van der Waals surface area contributed by atoms with Crippen LogP contribution in [0.1, 0.15) is 28.4 Å². The predicted molar refractivity (Wildman–Crippen MR) is 169 cm³/mol. The Morgan fingerprint density at radius 1 is 0.818 bits per heavy atom. The Kier molecular flexibility index (Phi) is 10.7. The molecule has 0 aliphatic rings. The summed E-state index contributed by atoms with van der Waals surface area (Å²) in [5.41, 5.74) is -0.0338. The first-order valence-corrected chi connectivity index (χ1v) is 14.6. The monoisotopic (exact) mass is 657 g/mol. The molecule has 4 rings (SSSR count). The van der Waals surface area contributed by atoms with Crippen molar-refractivity contribution in [3.8, 4) is 0 Å². The Balaban J connectivity index is 1.43. The van der Waals surface area contributed by atoms with Crippen molar-refractivity contribution in [2.24, 2.45) is 0 Å². The van der Waals surface area contributed by atoms with Gasteiger partial charge >= 0.3 is 6.18 Å². The molecule has 44 heavy (non-hydrogen) atoms. The lowest BCUT2D eigenvalue weighted by molar-refractivity contribution is -0.137. The highest BCUT2D eigenvalue weighted by molar-refractivity contribution is 8.00.